The summed E-state index contributed by atoms with van der Waals surface area (Å²) >= 11 is 0. The van der Waals surface area contributed by atoms with Crippen molar-refractivity contribution in [1.29, 1.82) is 0 Å². The summed E-state index contributed by atoms with van der Waals surface area (Å²) in [5, 5.41) is 7.47. The minimum atomic E-state index is -3.87. The van der Waals surface area contributed by atoms with Gasteiger partial charge in [-0.05, 0) is 23.6 Å². The van der Waals surface area contributed by atoms with Gasteiger partial charge in [-0.2, -0.15) is 5.10 Å². The maximum absolute atomic E-state index is 11.9. The molecule has 1 amide bonds. The lowest BCUT2D eigenvalue weighted by atomic mass is 10.1. The average Bonchev–Trinajstić information content (AvgIpc) is 2.96. The number of nitrogens with one attached hydrogen (secondary N) is 2. The summed E-state index contributed by atoms with van der Waals surface area (Å²) in [4.78, 5) is 11.9. The SMILES string of the molecule is CC(C)c1cc(C(=O)NS(=O)(=O)C=Cc2ccccc2)n[nH]1. The van der Waals surface area contributed by atoms with Crippen molar-refractivity contribution in [2.75, 3.05) is 0 Å². The first kappa shape index (κ1) is 16.0. The third-order valence-electron chi connectivity index (χ3n) is 2.93. The number of hydrogen-bond acceptors (Lipinski definition) is 4. The second kappa shape index (κ2) is 6.57. The summed E-state index contributed by atoms with van der Waals surface area (Å²) in [7, 11) is -3.87. The van der Waals surface area contributed by atoms with Gasteiger partial charge in [-0.3, -0.25) is 9.89 Å². The number of aromatic nitrogens is 2. The number of rotatable bonds is 5. The highest BCUT2D eigenvalue weighted by molar-refractivity contribution is 7.93. The van der Waals surface area contributed by atoms with Gasteiger partial charge >= 0.3 is 0 Å². The molecule has 1 heterocycles. The Morgan fingerprint density at radius 3 is 2.55 bits per heavy atom. The zero-order valence-corrected chi connectivity index (χ0v) is 13.1. The highest BCUT2D eigenvalue weighted by Gasteiger charge is 2.16. The van der Waals surface area contributed by atoms with Crippen LogP contribution in [-0.2, 0) is 10.0 Å². The molecule has 7 heteroatoms. The van der Waals surface area contributed by atoms with Crippen LogP contribution in [0, 0.1) is 0 Å². The van der Waals surface area contributed by atoms with E-state index in [9.17, 15) is 13.2 Å². The summed E-state index contributed by atoms with van der Waals surface area (Å²) < 4.78 is 25.7. The first-order valence-corrected chi connectivity index (χ1v) is 8.27. The maximum atomic E-state index is 11.9. The van der Waals surface area contributed by atoms with Crippen LogP contribution >= 0.6 is 0 Å². The molecule has 2 N–H and O–H groups in total. The normalized spacial score (nSPS) is 12.0. The smallest absolute Gasteiger partial charge is 0.282 e. The van der Waals surface area contributed by atoms with Crippen molar-refractivity contribution in [1.82, 2.24) is 14.9 Å². The summed E-state index contributed by atoms with van der Waals surface area (Å²) in [5.41, 5.74) is 1.53. The Labute approximate surface area is 129 Å². The van der Waals surface area contributed by atoms with E-state index in [-0.39, 0.29) is 11.6 Å². The largest absolute Gasteiger partial charge is 0.285 e. The lowest BCUT2D eigenvalue weighted by molar-refractivity contribution is 0.0977. The van der Waals surface area contributed by atoms with Crippen LogP contribution in [0.1, 0.15) is 41.5 Å². The Kier molecular flexibility index (Phi) is 4.77. The van der Waals surface area contributed by atoms with Crippen LogP contribution in [0.4, 0.5) is 0 Å². The van der Waals surface area contributed by atoms with Crippen LogP contribution < -0.4 is 4.72 Å². The van der Waals surface area contributed by atoms with E-state index in [0.29, 0.717) is 0 Å². The summed E-state index contributed by atoms with van der Waals surface area (Å²) in [6, 6.07) is 10.5. The molecule has 0 unspecified atom stereocenters. The molecule has 0 aliphatic carbocycles. The minimum absolute atomic E-state index is 0.0420. The van der Waals surface area contributed by atoms with Gasteiger partial charge in [0.15, 0.2) is 5.69 Å². The summed E-state index contributed by atoms with van der Waals surface area (Å²) in [6.45, 7) is 3.88. The molecular weight excluding hydrogens is 302 g/mol. The molecule has 1 aromatic heterocycles. The second-order valence-corrected chi connectivity index (χ2v) is 6.62. The van der Waals surface area contributed by atoms with Crippen LogP contribution in [0.5, 0.6) is 0 Å². The van der Waals surface area contributed by atoms with Crippen molar-refractivity contribution in [3.05, 3.63) is 58.8 Å². The lowest BCUT2D eigenvalue weighted by Crippen LogP contribution is -2.29. The molecule has 22 heavy (non-hydrogen) atoms. The van der Waals surface area contributed by atoms with Gasteiger partial charge in [-0.25, -0.2) is 13.1 Å². The van der Waals surface area contributed by atoms with Gasteiger partial charge in [0.25, 0.3) is 15.9 Å². The van der Waals surface area contributed by atoms with Crippen molar-refractivity contribution >= 4 is 22.0 Å². The van der Waals surface area contributed by atoms with E-state index >= 15 is 0 Å². The first-order valence-electron chi connectivity index (χ1n) is 6.73. The predicted molar refractivity (Wildman–Crippen MR) is 84.5 cm³/mol. The van der Waals surface area contributed by atoms with E-state index in [1.54, 1.807) is 24.3 Å². The monoisotopic (exact) mass is 319 g/mol. The number of benzene rings is 1. The fourth-order valence-corrected chi connectivity index (χ4v) is 2.46. The number of sulfonamides is 1. The fourth-order valence-electron chi connectivity index (χ4n) is 1.70. The summed E-state index contributed by atoms with van der Waals surface area (Å²) in [5.74, 6) is -0.593. The van der Waals surface area contributed by atoms with Crippen LogP contribution in [0.15, 0.2) is 41.8 Å². The quantitative estimate of drug-likeness (QED) is 0.884. The van der Waals surface area contributed by atoms with Gasteiger partial charge in [0.1, 0.15) is 0 Å². The molecule has 0 atom stereocenters. The van der Waals surface area contributed by atoms with Gasteiger partial charge in [0, 0.05) is 5.69 Å². The van der Waals surface area contributed by atoms with E-state index < -0.39 is 15.9 Å². The molecule has 2 aromatic rings. The average molecular weight is 319 g/mol. The Morgan fingerprint density at radius 1 is 1.27 bits per heavy atom. The maximum Gasteiger partial charge on any atom is 0.285 e. The molecule has 0 bridgehead atoms. The molecule has 1 aromatic carbocycles. The molecular formula is C15H17N3O3S. The molecule has 0 saturated carbocycles. The van der Waals surface area contributed by atoms with Crippen molar-refractivity contribution in [2.24, 2.45) is 0 Å². The van der Waals surface area contributed by atoms with Gasteiger partial charge in [0.2, 0.25) is 0 Å². The number of amides is 1. The number of hydrogen-bond donors (Lipinski definition) is 2. The molecule has 0 radical (unpaired) electrons. The molecule has 0 aliphatic rings. The van der Waals surface area contributed by atoms with Gasteiger partial charge in [0.05, 0.1) is 5.41 Å². The van der Waals surface area contributed by atoms with E-state index in [0.717, 1.165) is 16.7 Å². The Balaban J connectivity index is 2.07. The number of nitrogens with zero attached hydrogens (tertiary/aromatic N) is 1. The Bertz CT molecular complexity index is 777. The fraction of sp³-hybridized carbons (Fsp3) is 0.200. The molecule has 0 aliphatic heterocycles. The van der Waals surface area contributed by atoms with E-state index in [1.165, 1.54) is 12.1 Å². The van der Waals surface area contributed by atoms with E-state index in [4.69, 9.17) is 0 Å². The molecule has 6 nitrogen and oxygen atoms in total. The number of aromatic amines is 1. The number of carbonyl (C=O) groups excluding carboxylic acids is 1. The molecule has 0 fully saturated rings. The van der Waals surface area contributed by atoms with Crippen LogP contribution in [0.25, 0.3) is 6.08 Å². The van der Waals surface area contributed by atoms with Gasteiger partial charge in [-0.15, -0.1) is 0 Å². The predicted octanol–water partition coefficient (Wildman–Crippen LogP) is 2.26. The van der Waals surface area contributed by atoms with Crippen LogP contribution in [0.3, 0.4) is 0 Å². The van der Waals surface area contributed by atoms with Crippen molar-refractivity contribution in [2.45, 2.75) is 19.8 Å². The van der Waals surface area contributed by atoms with Gasteiger partial charge in [-0.1, -0.05) is 44.2 Å². The van der Waals surface area contributed by atoms with Crippen LogP contribution in [-0.4, -0.2) is 24.5 Å². The third-order valence-corrected chi connectivity index (χ3v) is 3.89. The Morgan fingerprint density at radius 2 is 1.95 bits per heavy atom. The highest BCUT2D eigenvalue weighted by Crippen LogP contribution is 2.12. The highest BCUT2D eigenvalue weighted by atomic mass is 32.2. The minimum Gasteiger partial charge on any atom is -0.282 e. The third kappa shape index (κ3) is 4.29. The molecule has 116 valence electrons. The van der Waals surface area contributed by atoms with E-state index in [2.05, 4.69) is 10.2 Å². The topological polar surface area (TPSA) is 91.9 Å². The zero-order valence-electron chi connectivity index (χ0n) is 12.3. The standard InChI is InChI=1S/C15H17N3O3S/c1-11(2)13-10-14(17-16-13)15(19)18-22(20,21)9-8-12-6-4-3-5-7-12/h3-11H,1-2H3,(H,16,17)(H,18,19). The molecule has 2 rings (SSSR count). The second-order valence-electron chi connectivity index (χ2n) is 5.05. The Hall–Kier alpha value is -2.41. The summed E-state index contributed by atoms with van der Waals surface area (Å²) in [6.07, 6.45) is 1.42. The molecule has 0 spiro atoms. The lowest BCUT2D eigenvalue weighted by Gasteiger charge is -2.00. The van der Waals surface area contributed by atoms with E-state index in [1.807, 2.05) is 24.6 Å². The number of carbonyl (C=O) groups is 1. The number of H-pyrrole nitrogens is 1. The molecule has 0 saturated heterocycles. The zero-order chi connectivity index (χ0) is 16.2. The van der Waals surface area contributed by atoms with Crippen LogP contribution in [0.2, 0.25) is 0 Å². The van der Waals surface area contributed by atoms with Gasteiger partial charge < -0.3 is 0 Å². The first-order chi connectivity index (χ1) is 10.4. The van der Waals surface area contributed by atoms with Crippen molar-refractivity contribution in [3.63, 3.8) is 0 Å². The van der Waals surface area contributed by atoms with Crippen molar-refractivity contribution in [3.8, 4) is 0 Å². The van der Waals surface area contributed by atoms with Crippen molar-refractivity contribution < 1.29 is 13.2 Å².